The van der Waals surface area contributed by atoms with Gasteiger partial charge in [-0.15, -0.1) is 0 Å². The van der Waals surface area contributed by atoms with Gasteiger partial charge in [-0.3, -0.25) is 4.31 Å². The molecular formula is C20H17ClFNO3S. The Morgan fingerprint density at radius 3 is 2.22 bits per heavy atom. The zero-order chi connectivity index (χ0) is 19.4. The van der Waals surface area contributed by atoms with Crippen molar-refractivity contribution >= 4 is 27.3 Å². The van der Waals surface area contributed by atoms with Gasteiger partial charge >= 0.3 is 0 Å². The number of halogens is 2. The lowest BCUT2D eigenvalue weighted by Crippen LogP contribution is -2.30. The molecule has 0 N–H and O–H groups in total. The van der Waals surface area contributed by atoms with Gasteiger partial charge in [0.2, 0.25) is 0 Å². The maximum Gasteiger partial charge on any atom is 0.264 e. The highest BCUT2D eigenvalue weighted by Gasteiger charge is 2.26. The Bertz CT molecular complexity index is 1020. The summed E-state index contributed by atoms with van der Waals surface area (Å²) in [7, 11) is -2.39. The standard InChI is InChI=1S/C20H17ClFNO3S/c1-26-20-5-3-2-4-15(20)14-23(18-10-8-17(22)9-11-18)27(24,25)19-12-6-16(21)7-13-19/h2-13H,14H2,1H3. The molecule has 0 saturated carbocycles. The monoisotopic (exact) mass is 405 g/mol. The molecule has 27 heavy (non-hydrogen) atoms. The van der Waals surface area contributed by atoms with Crippen LogP contribution in [0.15, 0.2) is 77.7 Å². The highest BCUT2D eigenvalue weighted by molar-refractivity contribution is 7.92. The van der Waals surface area contributed by atoms with Crippen LogP contribution in [0.5, 0.6) is 5.75 Å². The zero-order valence-electron chi connectivity index (χ0n) is 14.5. The molecule has 0 radical (unpaired) electrons. The third kappa shape index (κ3) is 4.23. The van der Waals surface area contributed by atoms with Crippen molar-refractivity contribution in [1.82, 2.24) is 0 Å². The number of nitrogens with zero attached hydrogens (tertiary/aromatic N) is 1. The molecule has 140 valence electrons. The third-order valence-electron chi connectivity index (χ3n) is 4.02. The summed E-state index contributed by atoms with van der Waals surface area (Å²) in [6, 6.07) is 18.4. The first-order valence-corrected chi connectivity index (χ1v) is 9.89. The molecule has 0 unspecified atom stereocenters. The smallest absolute Gasteiger partial charge is 0.264 e. The average Bonchev–Trinajstić information content (AvgIpc) is 2.67. The first-order valence-electron chi connectivity index (χ1n) is 8.07. The van der Waals surface area contributed by atoms with Crippen LogP contribution in [0.3, 0.4) is 0 Å². The lowest BCUT2D eigenvalue weighted by Gasteiger charge is -2.25. The third-order valence-corrected chi connectivity index (χ3v) is 6.06. The summed E-state index contributed by atoms with van der Waals surface area (Å²) in [6.07, 6.45) is 0. The molecule has 7 heteroatoms. The molecular weight excluding hydrogens is 389 g/mol. The molecule has 0 bridgehead atoms. The summed E-state index contributed by atoms with van der Waals surface area (Å²) in [5.41, 5.74) is 1.03. The van der Waals surface area contributed by atoms with E-state index in [1.54, 1.807) is 24.3 Å². The van der Waals surface area contributed by atoms with Crippen LogP contribution in [-0.2, 0) is 16.6 Å². The van der Waals surface area contributed by atoms with Crippen LogP contribution >= 0.6 is 11.6 Å². The summed E-state index contributed by atoms with van der Waals surface area (Å²) >= 11 is 5.88. The Labute approximate surface area is 162 Å². The van der Waals surface area contributed by atoms with E-state index < -0.39 is 15.8 Å². The van der Waals surface area contributed by atoms with E-state index in [1.165, 1.54) is 59.9 Å². The topological polar surface area (TPSA) is 46.6 Å². The van der Waals surface area contributed by atoms with Gasteiger partial charge in [-0.05, 0) is 54.6 Å². The number of sulfonamides is 1. The number of ether oxygens (including phenoxy) is 1. The van der Waals surface area contributed by atoms with Crippen LogP contribution in [-0.4, -0.2) is 15.5 Å². The molecule has 0 aliphatic heterocycles. The van der Waals surface area contributed by atoms with E-state index in [-0.39, 0.29) is 11.4 Å². The van der Waals surface area contributed by atoms with Gasteiger partial charge in [-0.1, -0.05) is 29.8 Å². The van der Waals surface area contributed by atoms with E-state index in [1.807, 2.05) is 0 Å². The number of hydrogen-bond acceptors (Lipinski definition) is 3. The van der Waals surface area contributed by atoms with E-state index in [0.717, 1.165) is 0 Å². The summed E-state index contributed by atoms with van der Waals surface area (Å²) in [6.45, 7) is 0.0284. The molecule has 0 atom stereocenters. The minimum atomic E-state index is -3.91. The Morgan fingerprint density at radius 2 is 1.59 bits per heavy atom. The van der Waals surface area contributed by atoms with E-state index in [2.05, 4.69) is 0 Å². The number of hydrogen-bond donors (Lipinski definition) is 0. The van der Waals surface area contributed by atoms with Crippen LogP contribution in [0.1, 0.15) is 5.56 Å². The predicted octanol–water partition coefficient (Wildman–Crippen LogP) is 4.88. The van der Waals surface area contributed by atoms with Crippen molar-refractivity contribution in [3.8, 4) is 5.75 Å². The van der Waals surface area contributed by atoms with Gasteiger partial charge in [0, 0.05) is 10.6 Å². The Balaban J connectivity index is 2.09. The summed E-state index contributed by atoms with van der Waals surface area (Å²) in [4.78, 5) is 0.0890. The van der Waals surface area contributed by atoms with Crippen molar-refractivity contribution in [2.75, 3.05) is 11.4 Å². The number of anilines is 1. The number of para-hydroxylation sites is 1. The minimum Gasteiger partial charge on any atom is -0.496 e. The van der Waals surface area contributed by atoms with E-state index in [4.69, 9.17) is 16.3 Å². The molecule has 3 rings (SSSR count). The van der Waals surface area contributed by atoms with Gasteiger partial charge in [0.05, 0.1) is 24.2 Å². The van der Waals surface area contributed by atoms with Gasteiger partial charge < -0.3 is 4.74 Å². The second-order valence-corrected chi connectivity index (χ2v) is 8.05. The molecule has 0 aliphatic rings. The first-order chi connectivity index (χ1) is 12.9. The fraction of sp³-hybridized carbons (Fsp3) is 0.100. The maximum absolute atomic E-state index is 13.4. The molecule has 0 spiro atoms. The van der Waals surface area contributed by atoms with Crippen molar-refractivity contribution < 1.29 is 17.5 Å². The average molecular weight is 406 g/mol. The zero-order valence-corrected chi connectivity index (χ0v) is 16.0. The quantitative estimate of drug-likeness (QED) is 0.587. The fourth-order valence-corrected chi connectivity index (χ4v) is 4.21. The molecule has 0 fully saturated rings. The van der Waals surface area contributed by atoms with Crippen LogP contribution < -0.4 is 9.04 Å². The van der Waals surface area contributed by atoms with Gasteiger partial charge in [0.25, 0.3) is 10.0 Å². The number of methoxy groups -OCH3 is 1. The number of rotatable bonds is 6. The fourth-order valence-electron chi connectivity index (χ4n) is 2.64. The van der Waals surface area contributed by atoms with Gasteiger partial charge in [-0.2, -0.15) is 0 Å². The normalized spacial score (nSPS) is 11.2. The highest BCUT2D eigenvalue weighted by atomic mass is 35.5. The molecule has 3 aromatic rings. The Kier molecular flexibility index (Phi) is 5.68. The predicted molar refractivity (Wildman–Crippen MR) is 104 cm³/mol. The van der Waals surface area contributed by atoms with Crippen molar-refractivity contribution in [3.05, 3.63) is 89.2 Å². The van der Waals surface area contributed by atoms with Gasteiger partial charge in [-0.25, -0.2) is 12.8 Å². The van der Waals surface area contributed by atoms with Gasteiger partial charge in [0.15, 0.2) is 0 Å². The molecule has 0 amide bonds. The SMILES string of the molecule is COc1ccccc1CN(c1ccc(F)cc1)S(=O)(=O)c1ccc(Cl)cc1. The molecule has 4 nitrogen and oxygen atoms in total. The van der Waals surface area contributed by atoms with Crippen molar-refractivity contribution in [1.29, 1.82) is 0 Å². The van der Waals surface area contributed by atoms with Crippen molar-refractivity contribution in [2.45, 2.75) is 11.4 Å². The van der Waals surface area contributed by atoms with Crippen molar-refractivity contribution in [3.63, 3.8) is 0 Å². The van der Waals surface area contributed by atoms with Crippen LogP contribution in [0.25, 0.3) is 0 Å². The highest BCUT2D eigenvalue weighted by Crippen LogP contribution is 2.29. The largest absolute Gasteiger partial charge is 0.496 e. The summed E-state index contributed by atoms with van der Waals surface area (Å²) in [5, 5.41) is 0.437. The molecule has 0 saturated heterocycles. The summed E-state index contributed by atoms with van der Waals surface area (Å²) < 4.78 is 46.5. The van der Waals surface area contributed by atoms with Crippen LogP contribution in [0.4, 0.5) is 10.1 Å². The maximum atomic E-state index is 13.4. The molecule has 0 heterocycles. The lowest BCUT2D eigenvalue weighted by molar-refractivity contribution is 0.410. The number of benzene rings is 3. The second kappa shape index (κ2) is 7.98. The van der Waals surface area contributed by atoms with E-state index >= 15 is 0 Å². The molecule has 0 aromatic heterocycles. The first kappa shape index (κ1) is 19.2. The van der Waals surface area contributed by atoms with Crippen LogP contribution in [0.2, 0.25) is 5.02 Å². The Morgan fingerprint density at radius 1 is 0.963 bits per heavy atom. The van der Waals surface area contributed by atoms with E-state index in [0.29, 0.717) is 22.0 Å². The Hall–Kier alpha value is -2.57. The minimum absolute atomic E-state index is 0.0284. The lowest BCUT2D eigenvalue weighted by atomic mass is 10.2. The molecule has 3 aromatic carbocycles. The second-order valence-electron chi connectivity index (χ2n) is 5.75. The molecule has 0 aliphatic carbocycles. The van der Waals surface area contributed by atoms with Crippen LogP contribution in [0, 0.1) is 5.82 Å². The van der Waals surface area contributed by atoms with E-state index in [9.17, 15) is 12.8 Å². The van der Waals surface area contributed by atoms with Gasteiger partial charge in [0.1, 0.15) is 11.6 Å². The summed E-state index contributed by atoms with van der Waals surface area (Å²) in [5.74, 6) is 0.121. The van der Waals surface area contributed by atoms with Crippen molar-refractivity contribution in [2.24, 2.45) is 0 Å².